The van der Waals surface area contributed by atoms with Gasteiger partial charge in [0.2, 0.25) is 0 Å². The molecule has 0 unspecified atom stereocenters. The molecule has 0 aromatic heterocycles. The molecule has 1 heterocycles. The highest BCUT2D eigenvalue weighted by atomic mass is 35.5. The van der Waals surface area contributed by atoms with Crippen LogP contribution in [-0.4, -0.2) is 22.8 Å². The Morgan fingerprint density at radius 2 is 1.33 bits per heavy atom. The summed E-state index contributed by atoms with van der Waals surface area (Å²) < 4.78 is 0. The van der Waals surface area contributed by atoms with Gasteiger partial charge in [-0.15, -0.1) is 0 Å². The Morgan fingerprint density at radius 1 is 0.815 bits per heavy atom. The second kappa shape index (κ2) is 7.21. The standard InChI is InChI=1S/C24H23ClN2/c1-24(2)17-27(23(26-24)20-13-15-21(25)16-14-20)22(18-9-5-3-6-10-18)19-11-7-4-8-12-19/h3-16,22H,17H2,1-2H3. The fraction of sp³-hybridized carbons (Fsp3) is 0.208. The minimum absolute atomic E-state index is 0.114. The Kier molecular flexibility index (Phi) is 4.75. The molecule has 3 aromatic rings. The number of aliphatic imine (C=N–C) groups is 1. The number of benzene rings is 3. The molecule has 0 radical (unpaired) electrons. The van der Waals surface area contributed by atoms with E-state index in [0.717, 1.165) is 23.0 Å². The van der Waals surface area contributed by atoms with Crippen molar-refractivity contribution < 1.29 is 0 Å². The third-order valence-corrected chi connectivity index (χ3v) is 5.13. The van der Waals surface area contributed by atoms with Gasteiger partial charge in [0, 0.05) is 17.1 Å². The molecule has 0 bridgehead atoms. The van der Waals surface area contributed by atoms with E-state index in [1.54, 1.807) is 0 Å². The highest BCUT2D eigenvalue weighted by molar-refractivity contribution is 6.30. The minimum Gasteiger partial charge on any atom is -0.343 e. The lowest BCUT2D eigenvalue weighted by molar-refractivity contribution is 0.329. The van der Waals surface area contributed by atoms with Gasteiger partial charge in [-0.05, 0) is 49.2 Å². The lowest BCUT2D eigenvalue weighted by atomic mass is 9.95. The first-order valence-corrected chi connectivity index (χ1v) is 9.64. The van der Waals surface area contributed by atoms with Gasteiger partial charge in [0.15, 0.2) is 0 Å². The highest BCUT2D eigenvalue weighted by Crippen LogP contribution is 2.36. The molecule has 136 valence electrons. The number of halogens is 1. The summed E-state index contributed by atoms with van der Waals surface area (Å²) in [4.78, 5) is 7.50. The molecular formula is C24H23ClN2. The Labute approximate surface area is 166 Å². The molecule has 3 aromatic carbocycles. The van der Waals surface area contributed by atoms with Crippen LogP contribution in [0.15, 0.2) is 89.9 Å². The molecule has 0 fully saturated rings. The van der Waals surface area contributed by atoms with E-state index in [2.05, 4.69) is 91.5 Å². The van der Waals surface area contributed by atoms with Crippen molar-refractivity contribution in [2.75, 3.05) is 6.54 Å². The highest BCUT2D eigenvalue weighted by Gasteiger charge is 2.37. The number of hydrogen-bond donors (Lipinski definition) is 0. The normalized spacial score (nSPS) is 15.9. The zero-order valence-corrected chi connectivity index (χ0v) is 16.4. The quantitative estimate of drug-likeness (QED) is 0.549. The van der Waals surface area contributed by atoms with Crippen LogP contribution in [0.4, 0.5) is 0 Å². The van der Waals surface area contributed by atoms with E-state index < -0.39 is 0 Å². The number of nitrogens with zero attached hydrogens (tertiary/aromatic N) is 2. The molecule has 4 rings (SSSR count). The number of rotatable bonds is 4. The topological polar surface area (TPSA) is 15.6 Å². The summed E-state index contributed by atoms with van der Waals surface area (Å²) in [6, 6.07) is 29.4. The fourth-order valence-electron chi connectivity index (χ4n) is 3.74. The molecule has 0 spiro atoms. The molecule has 1 aliphatic rings. The predicted octanol–water partition coefficient (Wildman–Crippen LogP) is 5.97. The van der Waals surface area contributed by atoms with Gasteiger partial charge in [0.25, 0.3) is 0 Å². The zero-order chi connectivity index (χ0) is 18.9. The van der Waals surface area contributed by atoms with Crippen molar-refractivity contribution in [3.63, 3.8) is 0 Å². The SMILES string of the molecule is CC1(C)CN(C(c2ccccc2)c2ccccc2)C(c2ccc(Cl)cc2)=N1. The predicted molar refractivity (Wildman–Crippen MR) is 114 cm³/mol. The second-order valence-corrected chi connectivity index (χ2v) is 8.04. The Bertz CT molecular complexity index is 892. The van der Waals surface area contributed by atoms with E-state index in [-0.39, 0.29) is 11.6 Å². The summed E-state index contributed by atoms with van der Waals surface area (Å²) in [6.45, 7) is 5.24. The van der Waals surface area contributed by atoms with Crippen LogP contribution in [-0.2, 0) is 0 Å². The van der Waals surface area contributed by atoms with E-state index in [0.29, 0.717) is 0 Å². The van der Waals surface area contributed by atoms with Crippen LogP contribution in [0.1, 0.15) is 36.6 Å². The Balaban J connectivity index is 1.83. The average Bonchev–Trinajstić information content (AvgIpc) is 2.99. The molecule has 1 aliphatic heterocycles. The van der Waals surface area contributed by atoms with E-state index >= 15 is 0 Å². The van der Waals surface area contributed by atoms with Crippen molar-refractivity contribution in [1.82, 2.24) is 4.90 Å². The molecular weight excluding hydrogens is 352 g/mol. The van der Waals surface area contributed by atoms with Gasteiger partial charge in [-0.1, -0.05) is 72.3 Å². The second-order valence-electron chi connectivity index (χ2n) is 7.61. The van der Waals surface area contributed by atoms with Gasteiger partial charge in [-0.25, -0.2) is 0 Å². The van der Waals surface area contributed by atoms with Gasteiger partial charge >= 0.3 is 0 Å². The molecule has 3 heteroatoms. The van der Waals surface area contributed by atoms with Gasteiger partial charge in [0.1, 0.15) is 5.84 Å². The first kappa shape index (κ1) is 17.8. The van der Waals surface area contributed by atoms with Gasteiger partial charge in [-0.2, -0.15) is 0 Å². The monoisotopic (exact) mass is 374 g/mol. The minimum atomic E-state index is -0.142. The largest absolute Gasteiger partial charge is 0.343 e. The molecule has 27 heavy (non-hydrogen) atoms. The van der Waals surface area contributed by atoms with Crippen LogP contribution < -0.4 is 0 Å². The lowest BCUT2D eigenvalue weighted by Gasteiger charge is -2.33. The maximum atomic E-state index is 6.11. The maximum Gasteiger partial charge on any atom is 0.132 e. The molecule has 2 nitrogen and oxygen atoms in total. The van der Waals surface area contributed by atoms with Crippen molar-refractivity contribution in [3.05, 3.63) is 107 Å². The molecule has 0 saturated carbocycles. The van der Waals surface area contributed by atoms with Gasteiger partial charge < -0.3 is 4.90 Å². The summed E-state index contributed by atoms with van der Waals surface area (Å²) in [5.41, 5.74) is 3.49. The van der Waals surface area contributed by atoms with Crippen molar-refractivity contribution in [3.8, 4) is 0 Å². The molecule has 0 aliphatic carbocycles. The van der Waals surface area contributed by atoms with Crippen molar-refractivity contribution in [2.24, 2.45) is 4.99 Å². The first-order chi connectivity index (χ1) is 13.0. The van der Waals surface area contributed by atoms with Crippen LogP contribution in [0.2, 0.25) is 5.02 Å². The third kappa shape index (κ3) is 3.77. The number of amidine groups is 1. The summed E-state index contributed by atoms with van der Waals surface area (Å²) >= 11 is 6.11. The average molecular weight is 375 g/mol. The van der Waals surface area contributed by atoms with Crippen molar-refractivity contribution in [2.45, 2.75) is 25.4 Å². The van der Waals surface area contributed by atoms with E-state index in [1.807, 2.05) is 12.1 Å². The van der Waals surface area contributed by atoms with Gasteiger partial charge in [0.05, 0.1) is 11.6 Å². The Hall–Kier alpha value is -2.58. The summed E-state index contributed by atoms with van der Waals surface area (Å²) in [7, 11) is 0. The van der Waals surface area contributed by atoms with Crippen molar-refractivity contribution >= 4 is 17.4 Å². The maximum absolute atomic E-state index is 6.11. The van der Waals surface area contributed by atoms with Gasteiger partial charge in [-0.3, -0.25) is 4.99 Å². The zero-order valence-electron chi connectivity index (χ0n) is 15.6. The molecule has 0 atom stereocenters. The molecule has 0 N–H and O–H groups in total. The summed E-state index contributed by atoms with van der Waals surface area (Å²) in [5, 5.41) is 0.742. The first-order valence-electron chi connectivity index (χ1n) is 9.26. The van der Waals surface area contributed by atoms with Crippen LogP contribution >= 0.6 is 11.6 Å². The smallest absolute Gasteiger partial charge is 0.132 e. The fourth-order valence-corrected chi connectivity index (χ4v) is 3.87. The van der Waals surface area contributed by atoms with Crippen LogP contribution in [0, 0.1) is 0 Å². The summed E-state index contributed by atoms with van der Waals surface area (Å²) in [6.07, 6.45) is 0. The molecule has 0 saturated heterocycles. The number of hydrogen-bond acceptors (Lipinski definition) is 2. The lowest BCUT2D eigenvalue weighted by Crippen LogP contribution is -2.36. The van der Waals surface area contributed by atoms with E-state index in [4.69, 9.17) is 16.6 Å². The van der Waals surface area contributed by atoms with Crippen molar-refractivity contribution in [1.29, 1.82) is 0 Å². The van der Waals surface area contributed by atoms with Crippen LogP contribution in [0.5, 0.6) is 0 Å². The Morgan fingerprint density at radius 3 is 1.85 bits per heavy atom. The van der Waals surface area contributed by atoms with E-state index in [1.165, 1.54) is 11.1 Å². The van der Waals surface area contributed by atoms with Crippen LogP contribution in [0.25, 0.3) is 0 Å². The van der Waals surface area contributed by atoms with E-state index in [9.17, 15) is 0 Å². The summed E-state index contributed by atoms with van der Waals surface area (Å²) in [5.74, 6) is 1.02. The molecule has 0 amide bonds. The third-order valence-electron chi connectivity index (χ3n) is 4.88. The van der Waals surface area contributed by atoms with Crippen LogP contribution in [0.3, 0.4) is 0 Å².